The number of ether oxygens (including phenoxy) is 1. The van der Waals surface area contributed by atoms with Crippen molar-refractivity contribution in [1.82, 2.24) is 0 Å². The van der Waals surface area contributed by atoms with Gasteiger partial charge < -0.3 is 9.84 Å². The standard InChI is InChI=1S/C12H8ClF3O3/c1-5-2-6-4-7(11(17)18)10(12(14,15)16)19-9(6)8(13)3-5/h2-4,10H,1H3,(H,17,18)/t10-/m0/s1/i1D3. The smallest absolute Gasteiger partial charge is 0.430 e. The Morgan fingerprint density at radius 1 is 1.53 bits per heavy atom. The highest BCUT2D eigenvalue weighted by molar-refractivity contribution is 6.32. The van der Waals surface area contributed by atoms with Gasteiger partial charge in [0.25, 0.3) is 0 Å². The van der Waals surface area contributed by atoms with Gasteiger partial charge in [-0.3, -0.25) is 0 Å². The molecule has 0 bridgehead atoms. The quantitative estimate of drug-likeness (QED) is 0.863. The number of fused-ring (bicyclic) bond motifs is 1. The number of hydrogen-bond acceptors (Lipinski definition) is 2. The Balaban J connectivity index is 2.64. The SMILES string of the molecule is [2H]C([2H])([2H])c1cc(Cl)c2c(c1)C=C(C(=O)O)[C@@H](C(F)(F)F)O2. The lowest BCUT2D eigenvalue weighted by Crippen LogP contribution is -2.40. The van der Waals surface area contributed by atoms with Gasteiger partial charge in [0.2, 0.25) is 6.10 Å². The largest absolute Gasteiger partial charge is 0.478 e. The van der Waals surface area contributed by atoms with Crippen molar-refractivity contribution in [1.29, 1.82) is 0 Å². The average molecular weight is 296 g/mol. The van der Waals surface area contributed by atoms with Crippen molar-refractivity contribution in [2.75, 3.05) is 0 Å². The molecule has 2 rings (SSSR count). The molecule has 0 unspecified atom stereocenters. The Kier molecular flexibility index (Phi) is 2.37. The molecule has 0 saturated heterocycles. The van der Waals surface area contributed by atoms with E-state index in [1.165, 1.54) is 0 Å². The summed E-state index contributed by atoms with van der Waals surface area (Å²) in [6.07, 6.45) is -6.90. The molecule has 0 saturated carbocycles. The second kappa shape index (κ2) is 4.45. The van der Waals surface area contributed by atoms with Gasteiger partial charge in [0.05, 0.1) is 10.6 Å². The average Bonchev–Trinajstić information content (AvgIpc) is 2.34. The number of alkyl halides is 3. The molecule has 19 heavy (non-hydrogen) atoms. The number of rotatable bonds is 1. The van der Waals surface area contributed by atoms with E-state index in [1.807, 2.05) is 0 Å². The van der Waals surface area contributed by atoms with Crippen LogP contribution >= 0.6 is 11.6 Å². The van der Waals surface area contributed by atoms with Crippen LogP contribution in [0.2, 0.25) is 5.02 Å². The minimum absolute atomic E-state index is 0.128. The van der Waals surface area contributed by atoms with Gasteiger partial charge in [0, 0.05) is 9.68 Å². The lowest BCUT2D eigenvalue weighted by atomic mass is 10.00. The molecule has 0 aliphatic carbocycles. The van der Waals surface area contributed by atoms with E-state index in [1.54, 1.807) is 0 Å². The highest BCUT2D eigenvalue weighted by Crippen LogP contribution is 2.41. The van der Waals surface area contributed by atoms with Crippen LogP contribution in [0.15, 0.2) is 17.7 Å². The van der Waals surface area contributed by atoms with E-state index < -0.39 is 36.4 Å². The fourth-order valence-corrected chi connectivity index (χ4v) is 1.96. The summed E-state index contributed by atoms with van der Waals surface area (Å²) >= 11 is 5.78. The Hall–Kier alpha value is -1.69. The van der Waals surface area contributed by atoms with E-state index in [4.69, 9.17) is 20.8 Å². The van der Waals surface area contributed by atoms with Crippen LogP contribution < -0.4 is 4.74 Å². The van der Waals surface area contributed by atoms with Crippen molar-refractivity contribution in [2.45, 2.75) is 19.1 Å². The number of benzene rings is 1. The van der Waals surface area contributed by atoms with Crippen LogP contribution in [0.1, 0.15) is 15.2 Å². The maximum absolute atomic E-state index is 12.9. The second-order valence-electron chi connectivity index (χ2n) is 3.82. The number of hydrogen-bond donors (Lipinski definition) is 1. The molecule has 0 amide bonds. The molecule has 1 atom stereocenters. The van der Waals surface area contributed by atoms with Crippen LogP contribution in [0.25, 0.3) is 6.08 Å². The van der Waals surface area contributed by atoms with Crippen molar-refractivity contribution >= 4 is 23.6 Å². The van der Waals surface area contributed by atoms with E-state index in [-0.39, 0.29) is 16.1 Å². The van der Waals surface area contributed by atoms with Gasteiger partial charge in [0.1, 0.15) is 5.75 Å². The third-order valence-electron chi connectivity index (χ3n) is 2.45. The summed E-state index contributed by atoms with van der Waals surface area (Å²) in [6.45, 7) is -2.54. The minimum Gasteiger partial charge on any atom is -0.478 e. The first-order valence-corrected chi connectivity index (χ1v) is 5.31. The summed E-state index contributed by atoms with van der Waals surface area (Å²) in [5, 5.41) is 8.57. The normalized spacial score (nSPS) is 21.4. The number of carboxylic acid groups (broad SMARTS) is 1. The molecule has 102 valence electrons. The van der Waals surface area contributed by atoms with Crippen molar-refractivity contribution < 1.29 is 31.9 Å². The van der Waals surface area contributed by atoms with Crippen molar-refractivity contribution in [3.63, 3.8) is 0 Å². The summed E-state index contributed by atoms with van der Waals surface area (Å²) in [4.78, 5) is 11.0. The second-order valence-corrected chi connectivity index (χ2v) is 4.23. The van der Waals surface area contributed by atoms with Gasteiger partial charge in [-0.2, -0.15) is 13.2 Å². The van der Waals surface area contributed by atoms with Crippen LogP contribution in [-0.2, 0) is 4.79 Å². The summed E-state index contributed by atoms with van der Waals surface area (Å²) in [6, 6.07) is 2.00. The maximum Gasteiger partial charge on any atom is 0.430 e. The third-order valence-corrected chi connectivity index (χ3v) is 2.73. The fourth-order valence-electron chi connectivity index (χ4n) is 1.69. The van der Waals surface area contributed by atoms with Gasteiger partial charge in [-0.05, 0) is 30.6 Å². The molecule has 1 aromatic carbocycles. The molecule has 1 heterocycles. The molecular weight excluding hydrogens is 285 g/mol. The van der Waals surface area contributed by atoms with Crippen LogP contribution in [-0.4, -0.2) is 23.4 Å². The van der Waals surface area contributed by atoms with E-state index in [0.717, 1.165) is 18.2 Å². The first-order chi connectivity index (χ1) is 9.91. The Labute approximate surface area is 115 Å². The number of aryl methyl sites for hydroxylation is 1. The summed E-state index contributed by atoms with van der Waals surface area (Å²) < 4.78 is 65.2. The van der Waals surface area contributed by atoms with Crippen LogP contribution in [0.5, 0.6) is 5.75 Å². The number of aliphatic carboxylic acids is 1. The van der Waals surface area contributed by atoms with Gasteiger partial charge >= 0.3 is 12.1 Å². The van der Waals surface area contributed by atoms with Gasteiger partial charge in [-0.1, -0.05) is 11.6 Å². The van der Waals surface area contributed by atoms with Gasteiger partial charge in [0.15, 0.2) is 0 Å². The molecule has 0 spiro atoms. The number of carboxylic acids is 1. The van der Waals surface area contributed by atoms with E-state index in [0.29, 0.717) is 0 Å². The number of carbonyl (C=O) groups is 1. The first kappa shape index (κ1) is 10.1. The van der Waals surface area contributed by atoms with Crippen molar-refractivity contribution in [3.05, 3.63) is 33.9 Å². The third kappa shape index (κ3) is 2.53. The van der Waals surface area contributed by atoms with Crippen LogP contribution in [0.3, 0.4) is 0 Å². The van der Waals surface area contributed by atoms with E-state index in [9.17, 15) is 18.0 Å². The summed E-state index contributed by atoms with van der Waals surface area (Å²) in [7, 11) is 0. The van der Waals surface area contributed by atoms with Crippen molar-refractivity contribution in [2.24, 2.45) is 0 Å². The zero-order valence-electron chi connectivity index (χ0n) is 12.1. The number of halogens is 4. The molecule has 1 N–H and O–H groups in total. The predicted octanol–water partition coefficient (Wildman–Crippen LogP) is 3.44. The molecule has 1 aromatic rings. The minimum atomic E-state index is -4.95. The molecule has 1 aliphatic heterocycles. The van der Waals surface area contributed by atoms with Crippen LogP contribution in [0.4, 0.5) is 13.2 Å². The predicted molar refractivity (Wildman–Crippen MR) is 62.3 cm³/mol. The lowest BCUT2D eigenvalue weighted by molar-refractivity contribution is -0.187. The first-order valence-electron chi connectivity index (χ1n) is 6.43. The highest BCUT2D eigenvalue weighted by Gasteiger charge is 2.48. The molecule has 7 heteroatoms. The fraction of sp³-hybridized carbons (Fsp3) is 0.250. The summed E-state index contributed by atoms with van der Waals surface area (Å²) in [5.41, 5.74) is -1.40. The summed E-state index contributed by atoms with van der Waals surface area (Å²) in [5.74, 6) is -2.22. The molecule has 1 aliphatic rings. The zero-order valence-corrected chi connectivity index (χ0v) is 9.84. The molecule has 0 radical (unpaired) electrons. The maximum atomic E-state index is 12.9. The van der Waals surface area contributed by atoms with E-state index >= 15 is 0 Å². The van der Waals surface area contributed by atoms with E-state index in [2.05, 4.69) is 4.74 Å². The molecular formula is C12H8ClF3O3. The Morgan fingerprint density at radius 2 is 2.21 bits per heavy atom. The van der Waals surface area contributed by atoms with Crippen LogP contribution in [0, 0.1) is 6.85 Å². The van der Waals surface area contributed by atoms with Gasteiger partial charge in [-0.15, -0.1) is 0 Å². The van der Waals surface area contributed by atoms with Gasteiger partial charge in [-0.25, -0.2) is 4.79 Å². The molecule has 0 fully saturated rings. The molecule has 3 nitrogen and oxygen atoms in total. The van der Waals surface area contributed by atoms with Crippen molar-refractivity contribution in [3.8, 4) is 5.75 Å². The monoisotopic (exact) mass is 295 g/mol. The zero-order chi connectivity index (χ0) is 16.9. The Bertz CT molecular complexity index is 668. The topological polar surface area (TPSA) is 46.5 Å². The lowest BCUT2D eigenvalue weighted by Gasteiger charge is -2.27. The highest BCUT2D eigenvalue weighted by atomic mass is 35.5. The molecule has 0 aromatic heterocycles. The Morgan fingerprint density at radius 3 is 2.74 bits per heavy atom.